The lowest BCUT2D eigenvalue weighted by molar-refractivity contribution is 0.372. The van der Waals surface area contributed by atoms with Gasteiger partial charge in [0, 0.05) is 31.4 Å². The van der Waals surface area contributed by atoms with Crippen molar-refractivity contribution in [2.75, 3.05) is 19.6 Å². The van der Waals surface area contributed by atoms with Gasteiger partial charge in [-0.15, -0.1) is 0 Å². The number of hydrogen-bond acceptors (Lipinski definition) is 3. The summed E-state index contributed by atoms with van der Waals surface area (Å²) in [6, 6.07) is 0.351. The zero-order valence-electron chi connectivity index (χ0n) is 8.52. The molecule has 3 heteroatoms. The average Bonchev–Trinajstić information content (AvgIpc) is 2.52. The molecule has 78 valence electrons. The van der Waals surface area contributed by atoms with E-state index in [4.69, 9.17) is 11.5 Å². The van der Waals surface area contributed by atoms with Crippen LogP contribution in [0.1, 0.15) is 6.42 Å². The van der Waals surface area contributed by atoms with Gasteiger partial charge < -0.3 is 11.5 Å². The van der Waals surface area contributed by atoms with Gasteiger partial charge in [-0.05, 0) is 18.6 Å². The van der Waals surface area contributed by atoms with E-state index >= 15 is 0 Å². The van der Waals surface area contributed by atoms with Crippen molar-refractivity contribution in [2.24, 2.45) is 11.5 Å². The van der Waals surface area contributed by atoms with Gasteiger partial charge in [-0.2, -0.15) is 0 Å². The van der Waals surface area contributed by atoms with Crippen LogP contribution in [0.3, 0.4) is 0 Å². The van der Waals surface area contributed by atoms with E-state index in [1.165, 1.54) is 0 Å². The van der Waals surface area contributed by atoms with Crippen LogP contribution >= 0.6 is 0 Å². The van der Waals surface area contributed by atoms with Crippen molar-refractivity contribution < 1.29 is 0 Å². The van der Waals surface area contributed by atoms with Crippen LogP contribution in [0.4, 0.5) is 0 Å². The van der Waals surface area contributed by atoms with E-state index in [0.29, 0.717) is 6.04 Å². The SMILES string of the molecule is C=C/C=C(N)\C=C/CN1CCC(N)C1. The maximum absolute atomic E-state index is 5.79. The fourth-order valence-corrected chi connectivity index (χ4v) is 1.56. The molecule has 1 rings (SSSR count). The molecule has 0 aromatic heterocycles. The van der Waals surface area contributed by atoms with Crippen LogP contribution in [0, 0.1) is 0 Å². The molecule has 0 bridgehead atoms. The highest BCUT2D eigenvalue weighted by molar-refractivity contribution is 5.19. The van der Waals surface area contributed by atoms with Crippen molar-refractivity contribution >= 4 is 0 Å². The van der Waals surface area contributed by atoms with E-state index < -0.39 is 0 Å². The molecule has 1 heterocycles. The Bertz CT molecular complexity index is 243. The van der Waals surface area contributed by atoms with Crippen molar-refractivity contribution in [1.82, 2.24) is 4.90 Å². The molecule has 3 nitrogen and oxygen atoms in total. The van der Waals surface area contributed by atoms with Gasteiger partial charge in [0.05, 0.1) is 0 Å². The molecule has 4 N–H and O–H groups in total. The maximum atomic E-state index is 5.79. The third-order valence-electron chi connectivity index (χ3n) is 2.29. The normalized spacial score (nSPS) is 24.6. The van der Waals surface area contributed by atoms with Crippen LogP contribution < -0.4 is 11.5 Å². The Balaban J connectivity index is 2.26. The molecule has 1 fully saturated rings. The van der Waals surface area contributed by atoms with Gasteiger partial charge in [-0.3, -0.25) is 4.90 Å². The molecular formula is C11H19N3. The fourth-order valence-electron chi connectivity index (χ4n) is 1.56. The number of nitrogens with two attached hydrogens (primary N) is 2. The van der Waals surface area contributed by atoms with Crippen molar-refractivity contribution in [1.29, 1.82) is 0 Å². The lowest BCUT2D eigenvalue weighted by Crippen LogP contribution is -2.26. The molecule has 0 spiro atoms. The first-order valence-electron chi connectivity index (χ1n) is 4.95. The van der Waals surface area contributed by atoms with Gasteiger partial charge in [0.1, 0.15) is 0 Å². The summed E-state index contributed by atoms with van der Waals surface area (Å²) in [7, 11) is 0. The second-order valence-corrected chi connectivity index (χ2v) is 3.61. The molecule has 1 saturated heterocycles. The highest BCUT2D eigenvalue weighted by Crippen LogP contribution is 2.06. The van der Waals surface area contributed by atoms with E-state index in [-0.39, 0.29) is 0 Å². The summed E-state index contributed by atoms with van der Waals surface area (Å²) in [5.74, 6) is 0. The lowest BCUT2D eigenvalue weighted by atomic mass is 10.3. The summed E-state index contributed by atoms with van der Waals surface area (Å²) in [5, 5.41) is 0. The van der Waals surface area contributed by atoms with Crippen LogP contribution in [0.2, 0.25) is 0 Å². The molecule has 0 aromatic rings. The summed E-state index contributed by atoms with van der Waals surface area (Å²) in [6.45, 7) is 6.60. The van der Waals surface area contributed by atoms with Crippen LogP contribution in [-0.2, 0) is 0 Å². The summed E-state index contributed by atoms with van der Waals surface area (Å²) < 4.78 is 0. The monoisotopic (exact) mass is 193 g/mol. The summed E-state index contributed by atoms with van der Waals surface area (Å²) in [5.41, 5.74) is 12.2. The van der Waals surface area contributed by atoms with Crippen molar-refractivity contribution in [3.63, 3.8) is 0 Å². The molecule has 1 unspecified atom stereocenters. The van der Waals surface area contributed by atoms with Crippen LogP contribution in [0.25, 0.3) is 0 Å². The van der Waals surface area contributed by atoms with Gasteiger partial charge in [-0.1, -0.05) is 18.7 Å². The van der Waals surface area contributed by atoms with E-state index in [0.717, 1.165) is 31.8 Å². The van der Waals surface area contributed by atoms with Gasteiger partial charge in [0.25, 0.3) is 0 Å². The van der Waals surface area contributed by atoms with Crippen LogP contribution in [0.15, 0.2) is 36.6 Å². The Kier molecular flexibility index (Phi) is 4.43. The number of hydrogen-bond donors (Lipinski definition) is 2. The molecule has 0 amide bonds. The van der Waals surface area contributed by atoms with Crippen LogP contribution in [0.5, 0.6) is 0 Å². The van der Waals surface area contributed by atoms with E-state index in [9.17, 15) is 0 Å². The molecular weight excluding hydrogens is 174 g/mol. The molecule has 1 atom stereocenters. The number of rotatable bonds is 4. The number of nitrogens with zero attached hydrogens (tertiary/aromatic N) is 1. The third kappa shape index (κ3) is 3.77. The zero-order valence-corrected chi connectivity index (χ0v) is 8.52. The van der Waals surface area contributed by atoms with Gasteiger partial charge in [0.15, 0.2) is 0 Å². The summed E-state index contributed by atoms with van der Waals surface area (Å²) >= 11 is 0. The molecule has 1 aliphatic heterocycles. The topological polar surface area (TPSA) is 55.3 Å². The second kappa shape index (κ2) is 5.62. The minimum atomic E-state index is 0.351. The van der Waals surface area contributed by atoms with Crippen molar-refractivity contribution in [3.8, 4) is 0 Å². The van der Waals surface area contributed by atoms with Gasteiger partial charge in [-0.25, -0.2) is 0 Å². The first-order valence-corrected chi connectivity index (χ1v) is 4.95. The molecule has 14 heavy (non-hydrogen) atoms. The summed E-state index contributed by atoms with van der Waals surface area (Å²) in [6.07, 6.45) is 8.54. The van der Waals surface area contributed by atoms with Gasteiger partial charge in [0.2, 0.25) is 0 Å². The highest BCUT2D eigenvalue weighted by atomic mass is 15.2. The number of allylic oxidation sites excluding steroid dienone is 3. The quantitative estimate of drug-likeness (QED) is 0.643. The fraction of sp³-hybridized carbons (Fsp3) is 0.455. The minimum absolute atomic E-state index is 0.351. The molecule has 0 saturated carbocycles. The van der Waals surface area contributed by atoms with E-state index in [1.807, 2.05) is 6.08 Å². The van der Waals surface area contributed by atoms with Crippen LogP contribution in [-0.4, -0.2) is 30.6 Å². The molecule has 0 aliphatic carbocycles. The predicted molar refractivity (Wildman–Crippen MR) is 60.6 cm³/mol. The Morgan fingerprint density at radius 3 is 2.93 bits per heavy atom. The molecule has 0 radical (unpaired) electrons. The Hall–Kier alpha value is -1.06. The minimum Gasteiger partial charge on any atom is -0.399 e. The number of likely N-dealkylation sites (tertiary alicyclic amines) is 1. The molecule has 1 aliphatic rings. The molecule has 0 aromatic carbocycles. The van der Waals surface area contributed by atoms with Crippen molar-refractivity contribution in [3.05, 3.63) is 36.6 Å². The van der Waals surface area contributed by atoms with Gasteiger partial charge >= 0.3 is 0 Å². The summed E-state index contributed by atoms with van der Waals surface area (Å²) in [4.78, 5) is 2.32. The Morgan fingerprint density at radius 2 is 2.36 bits per heavy atom. The first kappa shape index (κ1) is 11.0. The zero-order chi connectivity index (χ0) is 10.4. The largest absolute Gasteiger partial charge is 0.399 e. The van der Waals surface area contributed by atoms with Crippen molar-refractivity contribution in [2.45, 2.75) is 12.5 Å². The highest BCUT2D eigenvalue weighted by Gasteiger charge is 2.16. The van der Waals surface area contributed by atoms with E-state index in [2.05, 4.69) is 17.6 Å². The average molecular weight is 193 g/mol. The smallest absolute Gasteiger partial charge is 0.0311 e. The first-order chi connectivity index (χ1) is 6.72. The Morgan fingerprint density at radius 1 is 1.57 bits per heavy atom. The standard InChI is InChI=1S/C11H19N3/c1-2-4-10(12)5-3-7-14-8-6-11(13)9-14/h2-5,11H,1,6-9,12-13H2/b5-3-,10-4+. The second-order valence-electron chi connectivity index (χ2n) is 3.61. The van der Waals surface area contributed by atoms with E-state index in [1.54, 1.807) is 12.2 Å². The Labute approximate surface area is 85.8 Å². The predicted octanol–water partition coefficient (Wildman–Crippen LogP) is 0.604. The maximum Gasteiger partial charge on any atom is 0.0311 e. The third-order valence-corrected chi connectivity index (χ3v) is 2.29. The lowest BCUT2D eigenvalue weighted by Gasteiger charge is -2.11.